The summed E-state index contributed by atoms with van der Waals surface area (Å²) in [4.78, 5) is 24.6. The van der Waals surface area contributed by atoms with E-state index in [9.17, 15) is 9.59 Å². The molecule has 0 fully saturated rings. The summed E-state index contributed by atoms with van der Waals surface area (Å²) in [7, 11) is 0. The van der Waals surface area contributed by atoms with Crippen LogP contribution in [-0.4, -0.2) is 25.1 Å². The molecule has 0 saturated carbocycles. The van der Waals surface area contributed by atoms with Gasteiger partial charge in [0.1, 0.15) is 6.04 Å². The minimum absolute atomic E-state index is 0.207. The second-order valence-corrected chi connectivity index (χ2v) is 5.64. The fraction of sp³-hybridized carbons (Fsp3) is 0.176. The molecule has 25 heavy (non-hydrogen) atoms. The largest absolute Gasteiger partial charge is 0.420 e. The van der Waals surface area contributed by atoms with Crippen molar-refractivity contribution in [2.24, 2.45) is 0 Å². The van der Waals surface area contributed by atoms with E-state index in [4.69, 9.17) is 4.42 Å². The lowest BCUT2D eigenvalue weighted by Gasteiger charge is -2.12. The van der Waals surface area contributed by atoms with Crippen molar-refractivity contribution in [3.05, 3.63) is 65.0 Å². The molecule has 0 radical (unpaired) electrons. The Labute approximate surface area is 141 Å². The van der Waals surface area contributed by atoms with Crippen molar-refractivity contribution in [3.8, 4) is 0 Å². The van der Waals surface area contributed by atoms with Gasteiger partial charge in [-0.1, -0.05) is 18.2 Å². The molecule has 3 aromatic heterocycles. The van der Waals surface area contributed by atoms with E-state index in [1.165, 1.54) is 4.57 Å². The van der Waals surface area contributed by atoms with Gasteiger partial charge >= 0.3 is 5.76 Å². The van der Waals surface area contributed by atoms with Gasteiger partial charge in [0.2, 0.25) is 5.91 Å². The van der Waals surface area contributed by atoms with Crippen LogP contribution in [0.3, 0.4) is 0 Å². The molecule has 1 N–H and O–H groups in total. The normalized spacial score (nSPS) is 12.5. The zero-order chi connectivity index (χ0) is 17.4. The predicted molar refractivity (Wildman–Crippen MR) is 90.0 cm³/mol. The number of amides is 1. The van der Waals surface area contributed by atoms with Crippen LogP contribution in [0, 0.1) is 0 Å². The van der Waals surface area contributed by atoms with E-state index in [1.54, 1.807) is 35.6 Å². The van der Waals surface area contributed by atoms with E-state index in [0.717, 1.165) is 0 Å². The van der Waals surface area contributed by atoms with Gasteiger partial charge in [-0.3, -0.25) is 13.8 Å². The number of carbonyl (C=O) groups is 1. The van der Waals surface area contributed by atoms with E-state index in [1.807, 2.05) is 24.4 Å². The van der Waals surface area contributed by atoms with Crippen LogP contribution in [0.2, 0.25) is 0 Å². The number of carbonyl (C=O) groups excluding carboxylic acids is 1. The van der Waals surface area contributed by atoms with Crippen molar-refractivity contribution in [3.63, 3.8) is 0 Å². The third-order valence-corrected chi connectivity index (χ3v) is 4.09. The van der Waals surface area contributed by atoms with Gasteiger partial charge in [0, 0.05) is 6.20 Å². The smallest absolute Gasteiger partial charge is 0.408 e. The number of benzene rings is 1. The van der Waals surface area contributed by atoms with Crippen LogP contribution in [0.4, 0.5) is 0 Å². The second kappa shape index (κ2) is 5.90. The summed E-state index contributed by atoms with van der Waals surface area (Å²) < 4.78 is 8.32. The van der Waals surface area contributed by atoms with Gasteiger partial charge in [-0.25, -0.2) is 4.79 Å². The minimum Gasteiger partial charge on any atom is -0.408 e. The molecule has 0 spiro atoms. The van der Waals surface area contributed by atoms with E-state index in [-0.39, 0.29) is 12.5 Å². The summed E-state index contributed by atoms with van der Waals surface area (Å²) in [6.07, 6.45) is 1.83. The first-order valence-electron chi connectivity index (χ1n) is 7.81. The fourth-order valence-corrected chi connectivity index (χ4v) is 2.79. The molecular formula is C17H15N5O3. The van der Waals surface area contributed by atoms with Crippen molar-refractivity contribution in [1.82, 2.24) is 24.5 Å². The van der Waals surface area contributed by atoms with Crippen molar-refractivity contribution >= 4 is 22.7 Å². The molecule has 4 rings (SSSR count). The molecule has 1 aromatic carbocycles. The van der Waals surface area contributed by atoms with Crippen LogP contribution in [0.5, 0.6) is 0 Å². The van der Waals surface area contributed by atoms with Gasteiger partial charge in [0.15, 0.2) is 17.1 Å². The SMILES string of the molecule is C[C@H](C(=O)NCc1nnc2ccccn12)n1c(=O)oc2ccccc21. The Hall–Kier alpha value is -3.42. The Bertz CT molecular complexity index is 1120. The van der Waals surface area contributed by atoms with Gasteiger partial charge in [-0.2, -0.15) is 0 Å². The molecule has 0 bridgehead atoms. The molecule has 8 heteroatoms. The predicted octanol–water partition coefficient (Wildman–Crippen LogP) is 1.51. The summed E-state index contributed by atoms with van der Waals surface area (Å²) in [5, 5.41) is 10.9. The van der Waals surface area contributed by atoms with E-state index >= 15 is 0 Å². The molecule has 1 amide bonds. The number of aromatic nitrogens is 4. The third kappa shape index (κ3) is 2.57. The first kappa shape index (κ1) is 15.1. The molecule has 0 aliphatic carbocycles. The lowest BCUT2D eigenvalue weighted by atomic mass is 10.2. The van der Waals surface area contributed by atoms with Gasteiger partial charge in [-0.15, -0.1) is 10.2 Å². The van der Waals surface area contributed by atoms with Gasteiger partial charge in [0.25, 0.3) is 0 Å². The van der Waals surface area contributed by atoms with Crippen LogP contribution < -0.4 is 11.1 Å². The maximum Gasteiger partial charge on any atom is 0.420 e. The van der Waals surface area contributed by atoms with Crippen LogP contribution in [0.1, 0.15) is 18.8 Å². The fourth-order valence-electron chi connectivity index (χ4n) is 2.79. The molecule has 126 valence electrons. The molecule has 0 aliphatic rings. The van der Waals surface area contributed by atoms with Crippen molar-refractivity contribution in [1.29, 1.82) is 0 Å². The number of fused-ring (bicyclic) bond motifs is 2. The first-order chi connectivity index (χ1) is 12.1. The maximum atomic E-state index is 12.5. The second-order valence-electron chi connectivity index (χ2n) is 5.64. The Kier molecular flexibility index (Phi) is 3.57. The lowest BCUT2D eigenvalue weighted by molar-refractivity contribution is -0.124. The van der Waals surface area contributed by atoms with E-state index in [2.05, 4.69) is 15.5 Å². The van der Waals surface area contributed by atoms with Gasteiger partial charge in [0.05, 0.1) is 12.1 Å². The third-order valence-electron chi connectivity index (χ3n) is 4.09. The number of nitrogens with one attached hydrogen (secondary N) is 1. The molecule has 4 aromatic rings. The Morgan fingerprint density at radius 2 is 2.00 bits per heavy atom. The zero-order valence-corrected chi connectivity index (χ0v) is 13.4. The summed E-state index contributed by atoms with van der Waals surface area (Å²) in [5.41, 5.74) is 1.75. The molecule has 3 heterocycles. The summed E-state index contributed by atoms with van der Waals surface area (Å²) in [6, 6.07) is 11.9. The number of pyridine rings is 1. The molecule has 0 unspecified atom stereocenters. The highest BCUT2D eigenvalue weighted by molar-refractivity contribution is 5.82. The Morgan fingerprint density at radius 3 is 2.88 bits per heavy atom. The lowest BCUT2D eigenvalue weighted by Crippen LogP contribution is -2.34. The molecule has 8 nitrogen and oxygen atoms in total. The van der Waals surface area contributed by atoms with E-state index in [0.29, 0.717) is 22.6 Å². The summed E-state index contributed by atoms with van der Waals surface area (Å²) >= 11 is 0. The number of hydrogen-bond acceptors (Lipinski definition) is 5. The van der Waals surface area contributed by atoms with Crippen molar-refractivity contribution in [2.75, 3.05) is 0 Å². The number of hydrogen-bond donors (Lipinski definition) is 1. The quantitative estimate of drug-likeness (QED) is 0.609. The monoisotopic (exact) mass is 337 g/mol. The molecular weight excluding hydrogens is 322 g/mol. The highest BCUT2D eigenvalue weighted by Crippen LogP contribution is 2.16. The number of nitrogens with zero attached hydrogens (tertiary/aromatic N) is 4. The zero-order valence-electron chi connectivity index (χ0n) is 13.4. The van der Waals surface area contributed by atoms with Gasteiger partial charge in [-0.05, 0) is 31.2 Å². The first-order valence-corrected chi connectivity index (χ1v) is 7.81. The topological polar surface area (TPSA) is 94.4 Å². The molecule has 0 saturated heterocycles. The maximum absolute atomic E-state index is 12.5. The van der Waals surface area contributed by atoms with Crippen molar-refractivity contribution < 1.29 is 9.21 Å². The van der Waals surface area contributed by atoms with Crippen LogP contribution in [0.15, 0.2) is 57.9 Å². The van der Waals surface area contributed by atoms with Crippen LogP contribution >= 0.6 is 0 Å². The number of rotatable bonds is 4. The standard InChI is InChI=1S/C17H15N5O3/c1-11(22-12-6-2-3-7-13(12)25-17(22)24)16(23)18-10-15-20-19-14-8-4-5-9-21(14)15/h2-9,11H,10H2,1H3,(H,18,23)/t11-/m1/s1. The van der Waals surface area contributed by atoms with E-state index < -0.39 is 11.8 Å². The van der Waals surface area contributed by atoms with Crippen molar-refractivity contribution in [2.45, 2.75) is 19.5 Å². The molecule has 1 atom stereocenters. The summed E-state index contributed by atoms with van der Waals surface area (Å²) in [5.74, 6) is -0.251. The highest BCUT2D eigenvalue weighted by Gasteiger charge is 2.21. The minimum atomic E-state index is -0.713. The molecule has 0 aliphatic heterocycles. The number of para-hydroxylation sites is 2. The highest BCUT2D eigenvalue weighted by atomic mass is 16.4. The average Bonchev–Trinajstić information content (AvgIpc) is 3.19. The Morgan fingerprint density at radius 1 is 1.20 bits per heavy atom. The summed E-state index contributed by atoms with van der Waals surface area (Å²) in [6.45, 7) is 1.86. The van der Waals surface area contributed by atoms with Crippen LogP contribution in [0.25, 0.3) is 16.7 Å². The average molecular weight is 337 g/mol. The van der Waals surface area contributed by atoms with Gasteiger partial charge < -0.3 is 9.73 Å². The Balaban J connectivity index is 1.56. The number of oxazole rings is 1. The van der Waals surface area contributed by atoms with Crippen LogP contribution in [-0.2, 0) is 11.3 Å².